The monoisotopic (exact) mass is 385 g/mol. The molecule has 5 nitrogen and oxygen atoms in total. The van der Waals surface area contributed by atoms with E-state index in [0.29, 0.717) is 13.0 Å². The lowest BCUT2D eigenvalue weighted by molar-refractivity contribution is -0.121. The summed E-state index contributed by atoms with van der Waals surface area (Å²) in [4.78, 5) is 12.3. The van der Waals surface area contributed by atoms with Crippen LogP contribution in [-0.4, -0.2) is 21.8 Å². The molecule has 3 aromatic carbocycles. The number of phenols is 1. The Kier molecular flexibility index (Phi) is 5.04. The minimum Gasteiger partial charge on any atom is -0.508 e. The number of hydrazone groups is 1. The number of hydrogen-bond acceptors (Lipinski definition) is 3. The van der Waals surface area contributed by atoms with Gasteiger partial charge in [-0.05, 0) is 67.9 Å². The summed E-state index contributed by atoms with van der Waals surface area (Å²) in [5.41, 5.74) is 8.09. The molecule has 0 unspecified atom stereocenters. The third kappa shape index (κ3) is 3.99. The van der Waals surface area contributed by atoms with Crippen LogP contribution in [0.2, 0.25) is 0 Å². The highest BCUT2D eigenvalue weighted by Gasteiger charge is 2.12. The minimum atomic E-state index is -0.144. The van der Waals surface area contributed by atoms with E-state index in [2.05, 4.69) is 65.3 Å². The molecule has 2 N–H and O–H groups in total. The lowest BCUT2D eigenvalue weighted by atomic mass is 10.1. The van der Waals surface area contributed by atoms with Gasteiger partial charge < -0.3 is 9.67 Å². The first-order chi connectivity index (χ1) is 14.0. The van der Waals surface area contributed by atoms with Crippen LogP contribution in [0.15, 0.2) is 65.8 Å². The maximum Gasteiger partial charge on any atom is 0.241 e. The van der Waals surface area contributed by atoms with Crippen LogP contribution < -0.4 is 5.43 Å². The van der Waals surface area contributed by atoms with Crippen molar-refractivity contribution < 1.29 is 9.90 Å². The topological polar surface area (TPSA) is 66.6 Å². The van der Waals surface area contributed by atoms with Crippen molar-refractivity contribution >= 4 is 33.9 Å². The van der Waals surface area contributed by atoms with E-state index in [4.69, 9.17) is 0 Å². The Bertz CT molecular complexity index is 1160. The zero-order valence-electron chi connectivity index (χ0n) is 16.5. The number of rotatable bonds is 5. The molecule has 0 saturated carbocycles. The lowest BCUT2D eigenvalue weighted by Crippen LogP contribution is -2.19. The van der Waals surface area contributed by atoms with E-state index in [1.165, 1.54) is 21.9 Å². The summed E-state index contributed by atoms with van der Waals surface area (Å²) in [6.45, 7) is 4.77. The number of hydrogen-bond donors (Lipinski definition) is 2. The smallest absolute Gasteiger partial charge is 0.241 e. The molecule has 0 aliphatic rings. The van der Waals surface area contributed by atoms with E-state index in [1.54, 1.807) is 30.5 Å². The number of aromatic hydroxyl groups is 1. The number of benzene rings is 3. The average Bonchev–Trinajstić information content (AvgIpc) is 3.00. The highest BCUT2D eigenvalue weighted by Crippen LogP contribution is 2.30. The number of nitrogens with zero attached hydrogens (tertiary/aromatic N) is 2. The number of amides is 1. The van der Waals surface area contributed by atoms with Gasteiger partial charge in [0.1, 0.15) is 5.75 Å². The maximum absolute atomic E-state index is 12.3. The molecular weight excluding hydrogens is 362 g/mol. The molecule has 1 aromatic heterocycles. The molecule has 0 saturated heterocycles. The van der Waals surface area contributed by atoms with Gasteiger partial charge >= 0.3 is 0 Å². The second-order valence-electron chi connectivity index (χ2n) is 7.33. The van der Waals surface area contributed by atoms with E-state index in [1.807, 2.05) is 0 Å². The maximum atomic E-state index is 12.3. The average molecular weight is 385 g/mol. The minimum absolute atomic E-state index is 0.144. The van der Waals surface area contributed by atoms with Crippen LogP contribution in [0.5, 0.6) is 5.75 Å². The largest absolute Gasteiger partial charge is 0.508 e. The van der Waals surface area contributed by atoms with E-state index >= 15 is 0 Å². The van der Waals surface area contributed by atoms with Crippen molar-refractivity contribution in [3.8, 4) is 5.75 Å². The third-order valence-electron chi connectivity index (χ3n) is 5.03. The number of fused-ring (bicyclic) bond motifs is 3. The number of aromatic nitrogens is 1. The van der Waals surface area contributed by atoms with E-state index < -0.39 is 0 Å². The molecule has 1 amide bonds. The summed E-state index contributed by atoms with van der Waals surface area (Å²) >= 11 is 0. The summed E-state index contributed by atoms with van der Waals surface area (Å²) in [5.74, 6) is 0.0528. The molecule has 0 radical (unpaired) electrons. The van der Waals surface area contributed by atoms with Crippen LogP contribution in [-0.2, 0) is 11.3 Å². The first-order valence-corrected chi connectivity index (χ1v) is 9.61. The van der Waals surface area contributed by atoms with Gasteiger partial charge in [-0.2, -0.15) is 5.10 Å². The molecule has 0 spiro atoms. The number of aryl methyl sites for hydroxylation is 3. The predicted molar refractivity (Wildman–Crippen MR) is 117 cm³/mol. The first-order valence-electron chi connectivity index (χ1n) is 9.61. The fraction of sp³-hybridized carbons (Fsp3) is 0.167. The Morgan fingerprint density at radius 3 is 2.14 bits per heavy atom. The molecule has 1 heterocycles. The Morgan fingerprint density at radius 2 is 1.55 bits per heavy atom. The van der Waals surface area contributed by atoms with Gasteiger partial charge in [0.05, 0.1) is 6.21 Å². The molecule has 5 heteroatoms. The van der Waals surface area contributed by atoms with Gasteiger partial charge in [0.25, 0.3) is 0 Å². The first kappa shape index (κ1) is 18.7. The van der Waals surface area contributed by atoms with Crippen LogP contribution in [0.1, 0.15) is 23.1 Å². The van der Waals surface area contributed by atoms with Crippen molar-refractivity contribution in [2.45, 2.75) is 26.8 Å². The Balaban J connectivity index is 1.51. The molecular formula is C24H23N3O2. The second-order valence-corrected chi connectivity index (χ2v) is 7.33. The zero-order valence-corrected chi connectivity index (χ0v) is 16.5. The summed E-state index contributed by atoms with van der Waals surface area (Å²) in [6, 6.07) is 19.5. The molecule has 4 aromatic rings. The fourth-order valence-corrected chi connectivity index (χ4v) is 3.58. The van der Waals surface area contributed by atoms with Crippen molar-refractivity contribution in [2.75, 3.05) is 0 Å². The van der Waals surface area contributed by atoms with E-state index in [0.717, 1.165) is 16.6 Å². The van der Waals surface area contributed by atoms with E-state index in [9.17, 15) is 9.90 Å². The zero-order chi connectivity index (χ0) is 20.4. The van der Waals surface area contributed by atoms with Crippen molar-refractivity contribution in [1.82, 2.24) is 9.99 Å². The molecule has 4 rings (SSSR count). The van der Waals surface area contributed by atoms with Gasteiger partial charge in [0.15, 0.2) is 0 Å². The molecule has 0 bridgehead atoms. The molecule has 29 heavy (non-hydrogen) atoms. The van der Waals surface area contributed by atoms with Crippen molar-refractivity contribution in [2.24, 2.45) is 5.10 Å². The predicted octanol–water partition coefficient (Wildman–Crippen LogP) is 4.66. The number of carbonyl (C=O) groups excluding carboxylic acids is 1. The van der Waals surface area contributed by atoms with Gasteiger partial charge in [0, 0.05) is 34.8 Å². The van der Waals surface area contributed by atoms with Gasteiger partial charge in [0.2, 0.25) is 5.91 Å². The number of carbonyl (C=O) groups is 1. The van der Waals surface area contributed by atoms with Gasteiger partial charge in [-0.25, -0.2) is 5.43 Å². The van der Waals surface area contributed by atoms with Crippen LogP contribution in [0, 0.1) is 13.8 Å². The lowest BCUT2D eigenvalue weighted by Gasteiger charge is -2.07. The normalized spacial score (nSPS) is 11.5. The van der Waals surface area contributed by atoms with Gasteiger partial charge in [-0.3, -0.25) is 4.79 Å². The number of nitrogens with one attached hydrogen (secondary N) is 1. The Hall–Kier alpha value is -3.60. The third-order valence-corrected chi connectivity index (χ3v) is 5.03. The SMILES string of the molecule is Cc1ccc2c(c1)c1cc(C)ccc1n2CCC(=O)N/N=C/c1ccc(O)cc1. The Labute approximate surface area is 169 Å². The summed E-state index contributed by atoms with van der Waals surface area (Å²) < 4.78 is 2.20. The van der Waals surface area contributed by atoms with Crippen LogP contribution in [0.4, 0.5) is 0 Å². The van der Waals surface area contributed by atoms with Crippen molar-refractivity contribution in [1.29, 1.82) is 0 Å². The fourth-order valence-electron chi connectivity index (χ4n) is 3.58. The molecule has 0 aliphatic heterocycles. The Morgan fingerprint density at radius 1 is 0.966 bits per heavy atom. The summed E-state index contributed by atoms with van der Waals surface area (Å²) in [5, 5.41) is 15.7. The molecule has 0 atom stereocenters. The second kappa shape index (κ2) is 7.80. The number of phenolic OH excluding ortho intramolecular Hbond substituents is 1. The van der Waals surface area contributed by atoms with Gasteiger partial charge in [-0.1, -0.05) is 23.3 Å². The van der Waals surface area contributed by atoms with Crippen LogP contribution >= 0.6 is 0 Å². The summed E-state index contributed by atoms with van der Waals surface area (Å²) in [6.07, 6.45) is 1.89. The quantitative estimate of drug-likeness (QED) is 0.388. The summed E-state index contributed by atoms with van der Waals surface area (Å²) in [7, 11) is 0. The highest BCUT2D eigenvalue weighted by atomic mass is 16.3. The van der Waals surface area contributed by atoms with Crippen LogP contribution in [0.25, 0.3) is 21.8 Å². The molecule has 0 aliphatic carbocycles. The standard InChI is InChI=1S/C24H23N3O2/c1-16-3-9-22-20(13-16)21-14-17(2)4-10-23(21)27(22)12-11-24(29)26-25-15-18-5-7-19(28)8-6-18/h3-10,13-15,28H,11-12H2,1-2H3,(H,26,29)/b25-15+. The molecule has 0 fully saturated rings. The molecule has 146 valence electrons. The van der Waals surface area contributed by atoms with Crippen LogP contribution in [0.3, 0.4) is 0 Å². The van der Waals surface area contributed by atoms with Crippen molar-refractivity contribution in [3.05, 3.63) is 77.4 Å². The van der Waals surface area contributed by atoms with Gasteiger partial charge in [-0.15, -0.1) is 0 Å². The van der Waals surface area contributed by atoms with Crippen molar-refractivity contribution in [3.63, 3.8) is 0 Å². The highest BCUT2D eigenvalue weighted by molar-refractivity contribution is 6.08. The van der Waals surface area contributed by atoms with E-state index in [-0.39, 0.29) is 11.7 Å².